The number of hydrogen-bond donors (Lipinski definition) is 2. The van der Waals surface area contributed by atoms with Crippen LogP contribution >= 0.6 is 0 Å². The van der Waals surface area contributed by atoms with E-state index in [1.165, 1.54) is 6.20 Å². The number of carbonyl (C=O) groups excluding carboxylic acids is 2. The fourth-order valence-corrected chi connectivity index (χ4v) is 3.47. The third-order valence-electron chi connectivity index (χ3n) is 4.79. The SMILES string of the molecule is C=CNC(=O)Nc1cccc(C(c2nncn2C)C2CN(C(=O)OC(C)(C)C)C2)c1. The summed E-state index contributed by atoms with van der Waals surface area (Å²) in [6.45, 7) is 10.2. The van der Waals surface area contributed by atoms with E-state index in [0.29, 0.717) is 18.8 Å². The largest absolute Gasteiger partial charge is 0.444 e. The first kappa shape index (κ1) is 21.4. The number of rotatable bonds is 5. The van der Waals surface area contributed by atoms with Crippen molar-refractivity contribution in [3.8, 4) is 0 Å². The van der Waals surface area contributed by atoms with Gasteiger partial charge in [-0.05, 0) is 44.7 Å². The number of anilines is 1. The van der Waals surface area contributed by atoms with E-state index in [-0.39, 0.29) is 24.0 Å². The Labute approximate surface area is 176 Å². The van der Waals surface area contributed by atoms with Crippen LogP contribution in [0, 0.1) is 5.92 Å². The summed E-state index contributed by atoms with van der Waals surface area (Å²) in [7, 11) is 1.90. The lowest BCUT2D eigenvalue weighted by molar-refractivity contribution is -0.00371. The summed E-state index contributed by atoms with van der Waals surface area (Å²) in [5.74, 6) is 0.870. The molecular weight excluding hydrogens is 384 g/mol. The van der Waals surface area contributed by atoms with Crippen LogP contribution in [0.1, 0.15) is 38.1 Å². The number of nitrogens with one attached hydrogen (secondary N) is 2. The van der Waals surface area contributed by atoms with Crippen molar-refractivity contribution >= 4 is 17.8 Å². The molecule has 0 bridgehead atoms. The number of carbonyl (C=O) groups is 2. The van der Waals surface area contributed by atoms with Crippen molar-refractivity contribution < 1.29 is 14.3 Å². The summed E-state index contributed by atoms with van der Waals surface area (Å²) in [4.78, 5) is 25.9. The minimum absolute atomic E-state index is 0.0830. The Hall–Kier alpha value is -3.36. The number of aromatic nitrogens is 3. The fraction of sp³-hybridized carbons (Fsp3) is 0.429. The normalized spacial score (nSPS) is 15.1. The Morgan fingerprint density at radius 1 is 1.33 bits per heavy atom. The molecule has 0 spiro atoms. The van der Waals surface area contributed by atoms with Gasteiger partial charge < -0.3 is 24.8 Å². The van der Waals surface area contributed by atoms with Gasteiger partial charge in [-0.2, -0.15) is 0 Å². The van der Waals surface area contributed by atoms with Crippen LogP contribution in [0.15, 0.2) is 43.4 Å². The smallest absolute Gasteiger partial charge is 0.410 e. The number of aryl methyl sites for hydroxylation is 1. The van der Waals surface area contributed by atoms with E-state index < -0.39 is 5.60 Å². The third kappa shape index (κ3) is 4.97. The van der Waals surface area contributed by atoms with Crippen molar-refractivity contribution in [1.29, 1.82) is 0 Å². The summed E-state index contributed by atoms with van der Waals surface area (Å²) in [5, 5.41) is 13.6. The standard InChI is InChI=1S/C21H28N6O3/c1-6-22-19(28)24-16-9-7-8-14(10-16)17(18-25-23-13-26(18)5)15-11-27(12-15)20(29)30-21(2,3)4/h6-10,13,15,17H,1,11-12H2,2-5H3,(H2,22,24,28). The van der Waals surface area contributed by atoms with Gasteiger partial charge in [0.15, 0.2) is 0 Å². The van der Waals surface area contributed by atoms with Crippen LogP contribution in [0.25, 0.3) is 0 Å². The molecule has 1 aliphatic heterocycles. The molecule has 1 aliphatic rings. The van der Waals surface area contributed by atoms with E-state index in [0.717, 1.165) is 11.4 Å². The van der Waals surface area contributed by atoms with Crippen molar-refractivity contribution in [3.63, 3.8) is 0 Å². The zero-order valence-corrected chi connectivity index (χ0v) is 17.8. The maximum atomic E-state index is 12.3. The van der Waals surface area contributed by atoms with Crippen molar-refractivity contribution in [3.05, 3.63) is 54.8 Å². The highest BCUT2D eigenvalue weighted by Gasteiger charge is 2.41. The maximum Gasteiger partial charge on any atom is 0.410 e. The van der Waals surface area contributed by atoms with Gasteiger partial charge in [0.1, 0.15) is 17.8 Å². The van der Waals surface area contributed by atoms with Gasteiger partial charge in [0.05, 0.1) is 5.92 Å². The van der Waals surface area contributed by atoms with Gasteiger partial charge in [0, 0.05) is 31.7 Å². The lowest BCUT2D eigenvalue weighted by Gasteiger charge is -2.43. The molecule has 1 fully saturated rings. The maximum absolute atomic E-state index is 12.3. The van der Waals surface area contributed by atoms with Crippen molar-refractivity contribution in [1.82, 2.24) is 25.0 Å². The molecule has 2 heterocycles. The molecule has 1 atom stereocenters. The Morgan fingerprint density at radius 2 is 2.07 bits per heavy atom. The van der Waals surface area contributed by atoms with Crippen LogP contribution in [0.4, 0.5) is 15.3 Å². The molecule has 2 aromatic rings. The molecule has 1 aromatic carbocycles. The van der Waals surface area contributed by atoms with Gasteiger partial charge in [-0.25, -0.2) is 9.59 Å². The molecule has 3 amide bonds. The van der Waals surface area contributed by atoms with E-state index in [4.69, 9.17) is 4.74 Å². The molecule has 0 saturated carbocycles. The zero-order chi connectivity index (χ0) is 21.9. The number of ether oxygens (including phenoxy) is 1. The summed E-state index contributed by atoms with van der Waals surface area (Å²) in [5.41, 5.74) is 1.11. The predicted molar refractivity (Wildman–Crippen MR) is 113 cm³/mol. The molecule has 1 aromatic heterocycles. The number of amides is 3. The van der Waals surface area contributed by atoms with Crippen LogP contribution < -0.4 is 10.6 Å². The Kier molecular flexibility index (Phi) is 6.09. The highest BCUT2D eigenvalue weighted by Crippen LogP contribution is 2.37. The lowest BCUT2D eigenvalue weighted by atomic mass is 9.80. The molecule has 0 aliphatic carbocycles. The second-order valence-electron chi connectivity index (χ2n) is 8.35. The Balaban J connectivity index is 1.81. The molecule has 1 saturated heterocycles. The van der Waals surface area contributed by atoms with Gasteiger partial charge >= 0.3 is 12.1 Å². The zero-order valence-electron chi connectivity index (χ0n) is 17.8. The average molecular weight is 412 g/mol. The second-order valence-corrected chi connectivity index (χ2v) is 8.35. The van der Waals surface area contributed by atoms with E-state index in [9.17, 15) is 9.59 Å². The number of benzene rings is 1. The summed E-state index contributed by atoms with van der Waals surface area (Å²) in [6.07, 6.45) is 2.67. The minimum atomic E-state index is -0.531. The predicted octanol–water partition coefficient (Wildman–Crippen LogP) is 3.08. The molecule has 3 rings (SSSR count). The van der Waals surface area contributed by atoms with Gasteiger partial charge in [0.2, 0.25) is 0 Å². The van der Waals surface area contributed by atoms with Crippen LogP contribution in [0.2, 0.25) is 0 Å². The average Bonchev–Trinajstić information content (AvgIpc) is 3.02. The monoisotopic (exact) mass is 412 g/mol. The van der Waals surface area contributed by atoms with E-state index in [1.807, 2.05) is 56.7 Å². The van der Waals surface area contributed by atoms with Crippen LogP contribution in [-0.2, 0) is 11.8 Å². The molecule has 1 unspecified atom stereocenters. The van der Waals surface area contributed by atoms with Crippen molar-refractivity contribution in [2.45, 2.75) is 32.3 Å². The Bertz CT molecular complexity index is 927. The number of nitrogens with zero attached hydrogens (tertiary/aromatic N) is 4. The molecule has 0 radical (unpaired) electrons. The minimum Gasteiger partial charge on any atom is -0.444 e. The highest BCUT2D eigenvalue weighted by atomic mass is 16.6. The van der Waals surface area contributed by atoms with Crippen LogP contribution in [0.3, 0.4) is 0 Å². The van der Waals surface area contributed by atoms with E-state index in [1.54, 1.807) is 11.2 Å². The second kappa shape index (κ2) is 8.56. The first-order valence-electron chi connectivity index (χ1n) is 9.78. The molecule has 9 nitrogen and oxygen atoms in total. The quantitative estimate of drug-likeness (QED) is 0.786. The first-order valence-corrected chi connectivity index (χ1v) is 9.78. The summed E-state index contributed by atoms with van der Waals surface area (Å²) in [6, 6.07) is 7.24. The summed E-state index contributed by atoms with van der Waals surface area (Å²) >= 11 is 0. The van der Waals surface area contributed by atoms with Gasteiger partial charge in [-0.1, -0.05) is 18.7 Å². The van der Waals surface area contributed by atoms with Crippen LogP contribution in [0.5, 0.6) is 0 Å². The number of urea groups is 1. The molecule has 2 N–H and O–H groups in total. The molecule has 30 heavy (non-hydrogen) atoms. The first-order chi connectivity index (χ1) is 14.2. The van der Waals surface area contributed by atoms with Crippen molar-refractivity contribution in [2.75, 3.05) is 18.4 Å². The Morgan fingerprint density at radius 3 is 2.67 bits per heavy atom. The highest BCUT2D eigenvalue weighted by molar-refractivity contribution is 5.89. The van der Waals surface area contributed by atoms with Crippen molar-refractivity contribution in [2.24, 2.45) is 13.0 Å². The fourth-order valence-electron chi connectivity index (χ4n) is 3.47. The lowest BCUT2D eigenvalue weighted by Crippen LogP contribution is -2.53. The van der Waals surface area contributed by atoms with Crippen LogP contribution in [-0.4, -0.2) is 50.5 Å². The number of likely N-dealkylation sites (tertiary alicyclic amines) is 1. The van der Waals surface area contributed by atoms with E-state index in [2.05, 4.69) is 27.4 Å². The van der Waals surface area contributed by atoms with Gasteiger partial charge in [-0.3, -0.25) is 0 Å². The van der Waals surface area contributed by atoms with Gasteiger partial charge in [-0.15, -0.1) is 10.2 Å². The van der Waals surface area contributed by atoms with E-state index >= 15 is 0 Å². The number of hydrogen-bond acceptors (Lipinski definition) is 5. The molecular formula is C21H28N6O3. The summed E-state index contributed by atoms with van der Waals surface area (Å²) < 4.78 is 7.35. The third-order valence-corrected chi connectivity index (χ3v) is 4.79. The topological polar surface area (TPSA) is 101 Å². The molecule has 160 valence electrons. The molecule has 9 heteroatoms. The van der Waals surface area contributed by atoms with Gasteiger partial charge in [0.25, 0.3) is 0 Å².